The largest absolute Gasteiger partial charge is 0.497 e. The lowest BCUT2D eigenvalue weighted by atomic mass is 10.0. The number of methoxy groups -OCH3 is 1. The van der Waals surface area contributed by atoms with Gasteiger partial charge in [-0.2, -0.15) is 4.31 Å². The van der Waals surface area contributed by atoms with Gasteiger partial charge in [-0.3, -0.25) is 9.69 Å². The molecule has 2 saturated heterocycles. The van der Waals surface area contributed by atoms with Crippen molar-refractivity contribution in [1.82, 2.24) is 14.5 Å². The molecular weight excluding hydrogens is 458 g/mol. The first-order valence-corrected chi connectivity index (χ1v) is 12.8. The van der Waals surface area contributed by atoms with Crippen molar-refractivity contribution in [2.75, 3.05) is 66.3 Å². The minimum Gasteiger partial charge on any atom is -0.497 e. The lowest BCUT2D eigenvalue weighted by molar-refractivity contribution is 0.0162. The lowest BCUT2D eigenvalue weighted by Crippen LogP contribution is -2.43. The summed E-state index contributed by atoms with van der Waals surface area (Å²) in [7, 11) is -1.96. The molecule has 0 saturated carbocycles. The zero-order valence-corrected chi connectivity index (χ0v) is 20.1. The van der Waals surface area contributed by atoms with Crippen molar-refractivity contribution in [2.45, 2.75) is 10.9 Å². The number of ether oxygens (including phenoxy) is 3. The molecule has 0 bridgehead atoms. The maximum Gasteiger partial charge on any atom is 0.251 e. The van der Waals surface area contributed by atoms with Crippen LogP contribution in [-0.4, -0.2) is 89.8 Å². The number of sulfonamides is 1. The van der Waals surface area contributed by atoms with Gasteiger partial charge in [0.1, 0.15) is 5.75 Å². The van der Waals surface area contributed by atoms with Crippen molar-refractivity contribution in [3.05, 3.63) is 59.7 Å². The number of nitrogens with one attached hydrogen (secondary N) is 1. The molecular formula is C24H31N3O6S. The highest BCUT2D eigenvalue weighted by Gasteiger charge is 2.27. The standard InChI is InChI=1S/C24H31N3O6S/c1-31-21-6-2-19(3-7-21)23(26-10-14-32-15-11-26)18-25-24(28)20-4-8-22(9-5-20)34(29,30)27-12-16-33-17-13-27/h2-9,23H,10-18H2,1H3,(H,25,28)/t23-/m1/s1. The number of carbonyl (C=O) groups is 1. The monoisotopic (exact) mass is 489 g/mol. The van der Waals surface area contributed by atoms with E-state index in [9.17, 15) is 13.2 Å². The molecule has 0 aliphatic carbocycles. The predicted molar refractivity (Wildman–Crippen MR) is 126 cm³/mol. The third-order valence-corrected chi connectivity index (χ3v) is 8.08. The van der Waals surface area contributed by atoms with Gasteiger partial charge in [-0.05, 0) is 42.0 Å². The first-order valence-electron chi connectivity index (χ1n) is 11.4. The molecule has 2 aliphatic rings. The second-order valence-corrected chi connectivity index (χ2v) is 10.1. The number of hydrogen-bond acceptors (Lipinski definition) is 7. The van der Waals surface area contributed by atoms with E-state index >= 15 is 0 Å². The molecule has 4 rings (SSSR count). The molecule has 0 radical (unpaired) electrons. The fraction of sp³-hybridized carbons (Fsp3) is 0.458. The summed E-state index contributed by atoms with van der Waals surface area (Å²) in [5.41, 5.74) is 1.49. The Balaban J connectivity index is 1.43. The Bertz CT molecular complexity index is 1050. The van der Waals surface area contributed by atoms with E-state index in [-0.39, 0.29) is 16.8 Å². The Morgan fingerprint density at radius 1 is 0.941 bits per heavy atom. The number of rotatable bonds is 8. The Labute approximate surface area is 200 Å². The fourth-order valence-electron chi connectivity index (χ4n) is 4.18. The van der Waals surface area contributed by atoms with E-state index in [4.69, 9.17) is 14.2 Å². The maximum atomic E-state index is 12.9. The number of nitrogens with zero attached hydrogens (tertiary/aromatic N) is 2. The van der Waals surface area contributed by atoms with E-state index in [1.807, 2.05) is 24.3 Å². The van der Waals surface area contributed by atoms with Crippen molar-refractivity contribution in [3.63, 3.8) is 0 Å². The molecule has 1 atom stereocenters. The molecule has 2 heterocycles. The summed E-state index contributed by atoms with van der Waals surface area (Å²) >= 11 is 0. The van der Waals surface area contributed by atoms with Crippen LogP contribution >= 0.6 is 0 Å². The number of carbonyl (C=O) groups excluding carboxylic acids is 1. The Morgan fingerprint density at radius 3 is 2.12 bits per heavy atom. The summed E-state index contributed by atoms with van der Waals surface area (Å²) in [6, 6.07) is 13.9. The molecule has 0 aromatic heterocycles. The molecule has 10 heteroatoms. The summed E-state index contributed by atoms with van der Waals surface area (Å²) in [4.78, 5) is 15.3. The van der Waals surface area contributed by atoms with Gasteiger partial charge in [0, 0.05) is 38.3 Å². The summed E-state index contributed by atoms with van der Waals surface area (Å²) < 4.78 is 43.0. The second kappa shape index (κ2) is 11.3. The van der Waals surface area contributed by atoms with Gasteiger partial charge in [0.25, 0.3) is 5.91 Å². The molecule has 34 heavy (non-hydrogen) atoms. The van der Waals surface area contributed by atoms with Gasteiger partial charge in [0.05, 0.1) is 44.5 Å². The van der Waals surface area contributed by atoms with Crippen LogP contribution in [0.3, 0.4) is 0 Å². The van der Waals surface area contributed by atoms with Crippen LogP contribution in [0.15, 0.2) is 53.4 Å². The number of morpholine rings is 2. The summed E-state index contributed by atoms with van der Waals surface area (Å²) in [6.45, 7) is 4.72. The maximum absolute atomic E-state index is 12.9. The quantitative estimate of drug-likeness (QED) is 0.601. The van der Waals surface area contributed by atoms with Crippen LogP contribution in [0.1, 0.15) is 22.0 Å². The van der Waals surface area contributed by atoms with E-state index < -0.39 is 10.0 Å². The fourth-order valence-corrected chi connectivity index (χ4v) is 5.59. The third-order valence-electron chi connectivity index (χ3n) is 6.17. The van der Waals surface area contributed by atoms with Crippen LogP contribution in [0.4, 0.5) is 0 Å². The molecule has 2 aromatic rings. The highest BCUT2D eigenvalue weighted by atomic mass is 32.2. The van der Waals surface area contributed by atoms with Crippen molar-refractivity contribution >= 4 is 15.9 Å². The van der Waals surface area contributed by atoms with Gasteiger partial charge in [0.2, 0.25) is 10.0 Å². The van der Waals surface area contributed by atoms with Gasteiger partial charge in [-0.25, -0.2) is 8.42 Å². The molecule has 9 nitrogen and oxygen atoms in total. The summed E-state index contributed by atoms with van der Waals surface area (Å²) in [5, 5.41) is 3.02. The average Bonchev–Trinajstić information content (AvgIpc) is 2.90. The number of benzene rings is 2. The molecule has 2 aliphatic heterocycles. The van der Waals surface area contributed by atoms with Crippen LogP contribution in [0.25, 0.3) is 0 Å². The summed E-state index contributed by atoms with van der Waals surface area (Å²) in [5.74, 6) is 0.530. The van der Waals surface area contributed by atoms with Gasteiger partial charge >= 0.3 is 0 Å². The Hall–Kier alpha value is -2.50. The molecule has 2 aromatic carbocycles. The number of hydrogen-bond donors (Lipinski definition) is 1. The molecule has 0 unspecified atom stereocenters. The normalized spacial score (nSPS) is 18.9. The topological polar surface area (TPSA) is 97.4 Å². The van der Waals surface area contributed by atoms with E-state index in [2.05, 4.69) is 10.2 Å². The lowest BCUT2D eigenvalue weighted by Gasteiger charge is -2.35. The van der Waals surface area contributed by atoms with Crippen LogP contribution in [0.2, 0.25) is 0 Å². The van der Waals surface area contributed by atoms with Gasteiger partial charge in [0.15, 0.2) is 0 Å². The first-order chi connectivity index (χ1) is 16.5. The molecule has 2 fully saturated rings. The van der Waals surface area contributed by atoms with E-state index in [1.54, 1.807) is 19.2 Å². The second-order valence-electron chi connectivity index (χ2n) is 8.19. The SMILES string of the molecule is COc1ccc([C@@H](CNC(=O)c2ccc(S(=O)(=O)N3CCOCC3)cc2)N2CCOCC2)cc1. The average molecular weight is 490 g/mol. The van der Waals surface area contributed by atoms with Crippen LogP contribution in [0, 0.1) is 0 Å². The van der Waals surface area contributed by atoms with Gasteiger partial charge in [-0.15, -0.1) is 0 Å². The van der Waals surface area contributed by atoms with E-state index in [0.29, 0.717) is 51.6 Å². The van der Waals surface area contributed by atoms with Crippen molar-refractivity contribution in [3.8, 4) is 5.75 Å². The highest BCUT2D eigenvalue weighted by Crippen LogP contribution is 2.24. The van der Waals surface area contributed by atoms with Crippen LogP contribution in [0.5, 0.6) is 5.75 Å². The van der Waals surface area contributed by atoms with Crippen molar-refractivity contribution in [2.24, 2.45) is 0 Å². The van der Waals surface area contributed by atoms with Crippen LogP contribution < -0.4 is 10.1 Å². The smallest absolute Gasteiger partial charge is 0.251 e. The summed E-state index contributed by atoms with van der Waals surface area (Å²) in [6.07, 6.45) is 0. The van der Waals surface area contributed by atoms with Crippen LogP contribution in [-0.2, 0) is 19.5 Å². The third kappa shape index (κ3) is 5.76. The molecule has 0 spiro atoms. The highest BCUT2D eigenvalue weighted by molar-refractivity contribution is 7.89. The number of amides is 1. The zero-order valence-electron chi connectivity index (χ0n) is 19.3. The first kappa shape index (κ1) is 24.6. The minimum absolute atomic E-state index is 0.0141. The Morgan fingerprint density at radius 2 is 1.53 bits per heavy atom. The molecule has 1 amide bonds. The van der Waals surface area contributed by atoms with E-state index in [1.165, 1.54) is 16.4 Å². The molecule has 1 N–H and O–H groups in total. The Kier molecular flexibility index (Phi) is 8.17. The molecule has 184 valence electrons. The minimum atomic E-state index is -3.59. The van der Waals surface area contributed by atoms with Crippen molar-refractivity contribution in [1.29, 1.82) is 0 Å². The van der Waals surface area contributed by atoms with E-state index in [0.717, 1.165) is 24.4 Å². The predicted octanol–water partition coefficient (Wildman–Crippen LogP) is 1.52. The van der Waals surface area contributed by atoms with Gasteiger partial charge < -0.3 is 19.5 Å². The van der Waals surface area contributed by atoms with Gasteiger partial charge in [-0.1, -0.05) is 12.1 Å². The zero-order chi connectivity index (χ0) is 24.0. The van der Waals surface area contributed by atoms with Crippen molar-refractivity contribution < 1.29 is 27.4 Å².